The largest absolute Gasteiger partial charge is 0.368 e. The summed E-state index contributed by atoms with van der Waals surface area (Å²) in [4.78, 5) is 46.2. The third-order valence-electron chi connectivity index (χ3n) is 8.03. The number of aromatic nitrogens is 1. The van der Waals surface area contributed by atoms with Gasteiger partial charge in [-0.15, -0.1) is 0 Å². The first-order valence-corrected chi connectivity index (χ1v) is 16.3. The Balaban J connectivity index is 1.65. The van der Waals surface area contributed by atoms with E-state index < -0.39 is 39.8 Å². The van der Waals surface area contributed by atoms with Crippen molar-refractivity contribution in [2.75, 3.05) is 7.05 Å². The van der Waals surface area contributed by atoms with Crippen LogP contribution in [-0.2, 0) is 32.5 Å². The van der Waals surface area contributed by atoms with Crippen LogP contribution in [-0.4, -0.2) is 59.5 Å². The molecule has 0 unspecified atom stereocenters. The lowest BCUT2D eigenvalue weighted by Crippen LogP contribution is -2.58. The lowest BCUT2D eigenvalue weighted by Gasteiger charge is -2.35. The SMILES string of the molecule is Cc1cc(C)cc(C(=O)N(C)[C@H](Cc2ccccc2)C(=O)N([C@@H](Cc2c[nH]c3ccccc23)C(N)=O)S(=O)(=O)c2ccccc2)c1. The maximum Gasteiger partial charge on any atom is 0.267 e. The summed E-state index contributed by atoms with van der Waals surface area (Å²) in [5.41, 5.74) is 10.1. The fourth-order valence-electron chi connectivity index (χ4n) is 5.77. The number of benzene rings is 4. The van der Waals surface area contributed by atoms with Crippen molar-refractivity contribution in [2.45, 2.75) is 43.7 Å². The Morgan fingerprint density at radius 3 is 2.00 bits per heavy atom. The molecule has 2 atom stereocenters. The van der Waals surface area contributed by atoms with Crippen molar-refractivity contribution in [1.29, 1.82) is 0 Å². The highest BCUT2D eigenvalue weighted by Gasteiger charge is 2.44. The Labute approximate surface area is 268 Å². The van der Waals surface area contributed by atoms with Gasteiger partial charge in [0.1, 0.15) is 12.1 Å². The highest BCUT2D eigenvalue weighted by molar-refractivity contribution is 7.89. The van der Waals surface area contributed by atoms with Crippen LogP contribution in [0.3, 0.4) is 0 Å². The number of likely N-dealkylation sites (N-methyl/N-ethyl adjacent to an activating group) is 1. The van der Waals surface area contributed by atoms with E-state index in [2.05, 4.69) is 4.98 Å². The van der Waals surface area contributed by atoms with Crippen molar-refractivity contribution in [3.05, 3.63) is 137 Å². The quantitative estimate of drug-likeness (QED) is 0.215. The van der Waals surface area contributed by atoms with Gasteiger partial charge in [-0.25, -0.2) is 12.7 Å². The van der Waals surface area contributed by atoms with Crippen LogP contribution in [0.5, 0.6) is 0 Å². The summed E-state index contributed by atoms with van der Waals surface area (Å²) in [5.74, 6) is -2.41. The number of hydrogen-bond acceptors (Lipinski definition) is 5. The number of primary amides is 1. The van der Waals surface area contributed by atoms with E-state index in [1.165, 1.54) is 36.2 Å². The van der Waals surface area contributed by atoms with Gasteiger partial charge in [-0.3, -0.25) is 14.4 Å². The monoisotopic (exact) mass is 636 g/mol. The van der Waals surface area contributed by atoms with E-state index in [1.54, 1.807) is 48.7 Å². The molecule has 3 amide bonds. The van der Waals surface area contributed by atoms with Crippen molar-refractivity contribution < 1.29 is 22.8 Å². The number of amides is 3. The molecular weight excluding hydrogens is 600 g/mol. The number of sulfonamides is 1. The number of carbonyl (C=O) groups is 3. The van der Waals surface area contributed by atoms with E-state index in [1.807, 2.05) is 50.2 Å². The first-order chi connectivity index (χ1) is 22.0. The average Bonchev–Trinajstić information content (AvgIpc) is 3.45. The fraction of sp³-hybridized carbons (Fsp3) is 0.194. The average molecular weight is 637 g/mol. The predicted octanol–water partition coefficient (Wildman–Crippen LogP) is 4.78. The van der Waals surface area contributed by atoms with E-state index in [4.69, 9.17) is 5.73 Å². The highest BCUT2D eigenvalue weighted by atomic mass is 32.2. The van der Waals surface area contributed by atoms with Crippen molar-refractivity contribution in [3.8, 4) is 0 Å². The second kappa shape index (κ2) is 13.4. The van der Waals surface area contributed by atoms with Crippen LogP contribution in [0.1, 0.15) is 32.6 Å². The first-order valence-electron chi connectivity index (χ1n) is 14.8. The zero-order valence-electron chi connectivity index (χ0n) is 25.9. The van der Waals surface area contributed by atoms with Gasteiger partial charge in [0.15, 0.2) is 0 Å². The lowest BCUT2D eigenvalue weighted by molar-refractivity contribution is -0.137. The van der Waals surface area contributed by atoms with E-state index in [0.717, 1.165) is 22.0 Å². The van der Waals surface area contributed by atoms with Crippen LogP contribution in [0.15, 0.2) is 114 Å². The van der Waals surface area contributed by atoms with Gasteiger partial charge in [-0.2, -0.15) is 0 Å². The van der Waals surface area contributed by atoms with Gasteiger partial charge in [0.2, 0.25) is 5.91 Å². The molecule has 3 N–H and O–H groups in total. The topological polar surface area (TPSA) is 134 Å². The fourth-order valence-corrected chi connectivity index (χ4v) is 7.37. The van der Waals surface area contributed by atoms with Crippen molar-refractivity contribution in [2.24, 2.45) is 5.73 Å². The van der Waals surface area contributed by atoms with Crippen LogP contribution < -0.4 is 5.73 Å². The third-order valence-corrected chi connectivity index (χ3v) is 9.85. The summed E-state index contributed by atoms with van der Waals surface area (Å²) >= 11 is 0. The van der Waals surface area contributed by atoms with Gasteiger partial charge in [0.05, 0.1) is 4.90 Å². The third kappa shape index (κ3) is 6.72. The number of aromatic amines is 1. The summed E-state index contributed by atoms with van der Waals surface area (Å²) in [6.45, 7) is 3.74. The predicted molar refractivity (Wildman–Crippen MR) is 177 cm³/mol. The lowest BCUT2D eigenvalue weighted by atomic mass is 10.00. The molecule has 1 aromatic heterocycles. The van der Waals surface area contributed by atoms with Crippen LogP contribution >= 0.6 is 0 Å². The minimum Gasteiger partial charge on any atom is -0.368 e. The van der Waals surface area contributed by atoms with Crippen molar-refractivity contribution in [1.82, 2.24) is 14.2 Å². The Morgan fingerprint density at radius 2 is 1.37 bits per heavy atom. The number of H-pyrrole nitrogens is 1. The summed E-state index contributed by atoms with van der Waals surface area (Å²) < 4.78 is 29.4. The molecule has 9 nitrogen and oxygen atoms in total. The second-order valence-corrected chi connectivity index (χ2v) is 13.2. The molecule has 0 aliphatic carbocycles. The first kappa shape index (κ1) is 32.2. The molecule has 10 heteroatoms. The maximum absolute atomic E-state index is 14.9. The number of nitrogens with two attached hydrogens (primary N) is 1. The van der Waals surface area contributed by atoms with Gasteiger partial charge < -0.3 is 15.6 Å². The molecule has 0 radical (unpaired) electrons. The number of aryl methyl sites for hydroxylation is 2. The van der Waals surface area contributed by atoms with Crippen LogP contribution in [0.4, 0.5) is 0 Å². The van der Waals surface area contributed by atoms with E-state index in [0.29, 0.717) is 21.0 Å². The molecule has 236 valence electrons. The van der Waals surface area contributed by atoms with Gasteiger partial charge in [-0.1, -0.05) is 83.9 Å². The number of nitrogens with one attached hydrogen (secondary N) is 1. The number of para-hydroxylation sites is 1. The number of nitrogens with zero attached hydrogens (tertiary/aromatic N) is 2. The van der Waals surface area contributed by atoms with Crippen LogP contribution in [0, 0.1) is 13.8 Å². The molecule has 0 aliphatic rings. The van der Waals surface area contributed by atoms with E-state index in [9.17, 15) is 22.8 Å². The van der Waals surface area contributed by atoms with Gasteiger partial charge in [-0.05, 0) is 55.3 Å². The number of carbonyl (C=O) groups excluding carboxylic acids is 3. The van der Waals surface area contributed by atoms with E-state index in [-0.39, 0.29) is 17.7 Å². The van der Waals surface area contributed by atoms with Gasteiger partial charge >= 0.3 is 0 Å². The summed E-state index contributed by atoms with van der Waals surface area (Å²) in [6, 6.07) is 26.3. The summed E-state index contributed by atoms with van der Waals surface area (Å²) in [5, 5.41) is 0.765. The van der Waals surface area contributed by atoms with Crippen molar-refractivity contribution >= 4 is 38.6 Å². The minimum atomic E-state index is -4.64. The smallest absolute Gasteiger partial charge is 0.267 e. The number of hydrogen-bond donors (Lipinski definition) is 2. The summed E-state index contributed by atoms with van der Waals surface area (Å²) in [6.07, 6.45) is 1.49. The second-order valence-electron chi connectivity index (χ2n) is 11.4. The Morgan fingerprint density at radius 1 is 0.783 bits per heavy atom. The zero-order valence-corrected chi connectivity index (χ0v) is 26.7. The summed E-state index contributed by atoms with van der Waals surface area (Å²) in [7, 11) is -3.17. The molecule has 0 aliphatic heterocycles. The van der Waals surface area contributed by atoms with Gasteiger partial charge in [0.25, 0.3) is 21.8 Å². The molecule has 46 heavy (non-hydrogen) atoms. The normalized spacial score (nSPS) is 12.8. The van der Waals surface area contributed by atoms with Crippen LogP contribution in [0.2, 0.25) is 0 Å². The molecular formula is C36H36N4O5S. The molecule has 5 rings (SSSR count). The molecule has 0 saturated heterocycles. The molecule has 5 aromatic rings. The molecule has 0 fully saturated rings. The minimum absolute atomic E-state index is 0.00785. The van der Waals surface area contributed by atoms with E-state index >= 15 is 0 Å². The molecule has 0 spiro atoms. The molecule has 1 heterocycles. The Kier molecular flexibility index (Phi) is 9.39. The maximum atomic E-state index is 14.9. The van der Waals surface area contributed by atoms with Crippen molar-refractivity contribution in [3.63, 3.8) is 0 Å². The highest BCUT2D eigenvalue weighted by Crippen LogP contribution is 2.27. The van der Waals surface area contributed by atoms with Crippen LogP contribution in [0.25, 0.3) is 10.9 Å². The standard InChI is InChI=1S/C36H36N4O5S/c1-24-18-25(2)20-27(19-24)35(42)39(3)33(21-26-12-6-4-7-13-26)36(43)40(46(44,45)29-14-8-5-9-15-29)32(34(37)41)22-28-23-38-31-17-11-10-16-30(28)31/h4-20,23,32-33,38H,21-22H2,1-3H3,(H2,37,41)/t32-,33+/m0/s1. The Hall–Kier alpha value is -5.22. The number of rotatable bonds is 11. The molecule has 4 aromatic carbocycles. The molecule has 0 bridgehead atoms. The zero-order chi connectivity index (χ0) is 33.0. The molecule has 0 saturated carbocycles. The number of fused-ring (bicyclic) bond motifs is 1. The van der Waals surface area contributed by atoms with Gasteiger partial charge in [0, 0.05) is 42.6 Å². The Bertz CT molecular complexity index is 1970.